The van der Waals surface area contributed by atoms with Gasteiger partial charge < -0.3 is 5.73 Å². The Morgan fingerprint density at radius 2 is 1.55 bits per heavy atom. The SMILES string of the molecule is CC(C)CN(CC(C)C)C(CN)c1ccc(Br)c(Br)c1. The van der Waals surface area contributed by atoms with Crippen molar-refractivity contribution in [2.45, 2.75) is 33.7 Å². The van der Waals surface area contributed by atoms with Crippen molar-refractivity contribution in [2.24, 2.45) is 17.6 Å². The summed E-state index contributed by atoms with van der Waals surface area (Å²) in [4.78, 5) is 2.52. The van der Waals surface area contributed by atoms with Crippen LogP contribution >= 0.6 is 31.9 Å². The topological polar surface area (TPSA) is 29.3 Å². The lowest BCUT2D eigenvalue weighted by Crippen LogP contribution is -2.38. The van der Waals surface area contributed by atoms with Gasteiger partial charge in [-0.2, -0.15) is 0 Å². The predicted octanol–water partition coefficient (Wildman–Crippen LogP) is 4.83. The largest absolute Gasteiger partial charge is 0.329 e. The molecule has 0 amide bonds. The minimum absolute atomic E-state index is 0.282. The summed E-state index contributed by atoms with van der Waals surface area (Å²) in [5.41, 5.74) is 7.36. The fraction of sp³-hybridized carbons (Fsp3) is 0.625. The van der Waals surface area contributed by atoms with Gasteiger partial charge in [0.05, 0.1) is 0 Å². The van der Waals surface area contributed by atoms with Crippen molar-refractivity contribution in [1.82, 2.24) is 4.90 Å². The minimum atomic E-state index is 0.282. The van der Waals surface area contributed by atoms with Crippen LogP contribution < -0.4 is 5.73 Å². The summed E-state index contributed by atoms with van der Waals surface area (Å²) < 4.78 is 2.17. The molecule has 114 valence electrons. The summed E-state index contributed by atoms with van der Waals surface area (Å²) in [7, 11) is 0. The van der Waals surface area contributed by atoms with E-state index >= 15 is 0 Å². The highest BCUT2D eigenvalue weighted by molar-refractivity contribution is 9.13. The van der Waals surface area contributed by atoms with Gasteiger partial charge in [-0.15, -0.1) is 0 Å². The molecule has 0 aliphatic heterocycles. The first-order valence-corrected chi connectivity index (χ1v) is 8.82. The van der Waals surface area contributed by atoms with Gasteiger partial charge in [0.1, 0.15) is 0 Å². The molecule has 0 fully saturated rings. The summed E-state index contributed by atoms with van der Waals surface area (Å²) in [5, 5.41) is 0. The Kier molecular flexibility index (Phi) is 7.73. The Bertz CT molecular complexity index is 409. The van der Waals surface area contributed by atoms with E-state index in [0.29, 0.717) is 18.4 Å². The summed E-state index contributed by atoms with van der Waals surface area (Å²) >= 11 is 7.11. The van der Waals surface area contributed by atoms with Crippen molar-refractivity contribution in [2.75, 3.05) is 19.6 Å². The predicted molar refractivity (Wildman–Crippen MR) is 94.9 cm³/mol. The van der Waals surface area contributed by atoms with Gasteiger partial charge >= 0.3 is 0 Å². The summed E-state index contributed by atoms with van der Waals surface area (Å²) in [5.74, 6) is 1.28. The molecule has 2 nitrogen and oxygen atoms in total. The molecule has 4 heteroatoms. The summed E-state index contributed by atoms with van der Waals surface area (Å²) in [6.07, 6.45) is 0. The molecule has 0 radical (unpaired) electrons. The van der Waals surface area contributed by atoms with Crippen molar-refractivity contribution in [1.29, 1.82) is 0 Å². The van der Waals surface area contributed by atoms with Crippen LogP contribution in [0.3, 0.4) is 0 Å². The van der Waals surface area contributed by atoms with Crippen LogP contribution in [0.15, 0.2) is 27.1 Å². The zero-order valence-corrected chi connectivity index (χ0v) is 16.0. The molecule has 1 rings (SSSR count). The van der Waals surface area contributed by atoms with E-state index < -0.39 is 0 Å². The highest BCUT2D eigenvalue weighted by Crippen LogP contribution is 2.29. The average Bonchev–Trinajstić information content (AvgIpc) is 2.33. The van der Waals surface area contributed by atoms with Gasteiger partial charge in [0.15, 0.2) is 0 Å². The Morgan fingerprint density at radius 3 is 1.95 bits per heavy atom. The van der Waals surface area contributed by atoms with Crippen LogP contribution in [0.2, 0.25) is 0 Å². The van der Waals surface area contributed by atoms with Crippen molar-refractivity contribution in [3.05, 3.63) is 32.7 Å². The number of nitrogens with zero attached hydrogens (tertiary/aromatic N) is 1. The van der Waals surface area contributed by atoms with E-state index in [1.165, 1.54) is 5.56 Å². The molecular formula is C16H26Br2N2. The van der Waals surface area contributed by atoms with Crippen LogP contribution in [0.25, 0.3) is 0 Å². The Balaban J connectivity index is 3.01. The Hall–Kier alpha value is 0.1000. The molecule has 2 N–H and O–H groups in total. The second-order valence-corrected chi connectivity index (χ2v) is 7.88. The first-order chi connectivity index (χ1) is 9.35. The molecule has 1 unspecified atom stereocenters. The van der Waals surface area contributed by atoms with Gasteiger partial charge in [-0.1, -0.05) is 33.8 Å². The van der Waals surface area contributed by atoms with E-state index in [1.807, 2.05) is 0 Å². The molecule has 0 aliphatic carbocycles. The van der Waals surface area contributed by atoms with Crippen molar-refractivity contribution in [3.63, 3.8) is 0 Å². The van der Waals surface area contributed by atoms with E-state index in [1.54, 1.807) is 0 Å². The van der Waals surface area contributed by atoms with Crippen molar-refractivity contribution >= 4 is 31.9 Å². The zero-order valence-electron chi connectivity index (χ0n) is 12.9. The number of hydrogen-bond donors (Lipinski definition) is 1. The molecule has 1 aromatic rings. The zero-order chi connectivity index (χ0) is 15.3. The number of halogens is 2. The second kappa shape index (κ2) is 8.52. The highest BCUT2D eigenvalue weighted by atomic mass is 79.9. The maximum absolute atomic E-state index is 6.08. The van der Waals surface area contributed by atoms with Crippen LogP contribution in [-0.4, -0.2) is 24.5 Å². The third-order valence-corrected chi connectivity index (χ3v) is 5.07. The molecule has 0 bridgehead atoms. The molecule has 20 heavy (non-hydrogen) atoms. The first kappa shape index (κ1) is 18.1. The molecular weight excluding hydrogens is 380 g/mol. The molecule has 0 heterocycles. The van der Waals surface area contributed by atoms with Gasteiger partial charge in [-0.25, -0.2) is 0 Å². The quantitative estimate of drug-likeness (QED) is 0.703. The van der Waals surface area contributed by atoms with E-state index in [4.69, 9.17) is 5.73 Å². The number of rotatable bonds is 7. The minimum Gasteiger partial charge on any atom is -0.329 e. The van der Waals surface area contributed by atoms with Gasteiger partial charge in [0, 0.05) is 34.6 Å². The van der Waals surface area contributed by atoms with Crippen LogP contribution in [-0.2, 0) is 0 Å². The Labute approximate surface area is 140 Å². The van der Waals surface area contributed by atoms with Gasteiger partial charge in [-0.05, 0) is 61.4 Å². The lowest BCUT2D eigenvalue weighted by Gasteiger charge is -2.34. The molecule has 0 saturated carbocycles. The number of nitrogens with two attached hydrogens (primary N) is 1. The monoisotopic (exact) mass is 404 g/mol. The van der Waals surface area contributed by atoms with Crippen LogP contribution in [0.1, 0.15) is 39.3 Å². The molecule has 0 saturated heterocycles. The van der Waals surface area contributed by atoms with Gasteiger partial charge in [0.25, 0.3) is 0 Å². The summed E-state index contributed by atoms with van der Waals surface area (Å²) in [6, 6.07) is 6.71. The smallest absolute Gasteiger partial charge is 0.0471 e. The van der Waals surface area contributed by atoms with Crippen LogP contribution in [0, 0.1) is 11.8 Å². The third-order valence-electron chi connectivity index (χ3n) is 3.19. The normalized spacial score (nSPS) is 13.5. The summed E-state index contributed by atoms with van der Waals surface area (Å²) in [6.45, 7) is 11.8. The van der Waals surface area contributed by atoms with E-state index in [-0.39, 0.29) is 6.04 Å². The van der Waals surface area contributed by atoms with Gasteiger partial charge in [0.2, 0.25) is 0 Å². The molecule has 0 aromatic heterocycles. The molecule has 0 aliphatic rings. The van der Waals surface area contributed by atoms with E-state index in [9.17, 15) is 0 Å². The lowest BCUT2D eigenvalue weighted by atomic mass is 10.0. The second-order valence-electron chi connectivity index (χ2n) is 6.17. The maximum Gasteiger partial charge on any atom is 0.0471 e. The van der Waals surface area contributed by atoms with Gasteiger partial charge in [-0.3, -0.25) is 4.90 Å². The van der Waals surface area contributed by atoms with Crippen LogP contribution in [0.5, 0.6) is 0 Å². The molecule has 0 spiro atoms. The van der Waals surface area contributed by atoms with Crippen LogP contribution in [0.4, 0.5) is 0 Å². The number of benzene rings is 1. The molecule has 1 aromatic carbocycles. The third kappa shape index (κ3) is 5.47. The lowest BCUT2D eigenvalue weighted by molar-refractivity contribution is 0.160. The Morgan fingerprint density at radius 1 is 1.00 bits per heavy atom. The fourth-order valence-electron chi connectivity index (χ4n) is 2.48. The van der Waals surface area contributed by atoms with Crippen molar-refractivity contribution < 1.29 is 0 Å². The van der Waals surface area contributed by atoms with E-state index in [0.717, 1.165) is 22.0 Å². The van der Waals surface area contributed by atoms with E-state index in [2.05, 4.69) is 82.7 Å². The van der Waals surface area contributed by atoms with Crippen molar-refractivity contribution in [3.8, 4) is 0 Å². The first-order valence-electron chi connectivity index (χ1n) is 7.24. The fourth-order valence-corrected chi connectivity index (χ4v) is 3.13. The highest BCUT2D eigenvalue weighted by Gasteiger charge is 2.21. The number of hydrogen-bond acceptors (Lipinski definition) is 2. The molecule has 1 atom stereocenters. The average molecular weight is 406 g/mol. The maximum atomic E-state index is 6.08. The standard InChI is InChI=1S/C16H26Br2N2/c1-11(2)9-20(10-12(3)4)16(8-19)13-5-6-14(17)15(18)7-13/h5-7,11-12,16H,8-10,19H2,1-4H3.